The Morgan fingerprint density at radius 2 is 2.21 bits per heavy atom. The van der Waals surface area contributed by atoms with Gasteiger partial charge in [0.25, 0.3) is 0 Å². The quantitative estimate of drug-likeness (QED) is 0.836. The third-order valence-corrected chi connectivity index (χ3v) is 6.17. The standard InChI is InChI=1S/C15H16FN3O4S/c1-9-17-15(23-18-9)13-7-11(16)8-19(13)24(20,21)12-2-3-14-10(6-12)4-5-22-14/h2-3,6,11,13H,4-5,7-8H2,1H3/t11-,13-/m0/s1. The van der Waals surface area contributed by atoms with Crippen LogP contribution >= 0.6 is 0 Å². The summed E-state index contributed by atoms with van der Waals surface area (Å²) in [6.45, 7) is 1.95. The normalized spacial score (nSPS) is 24.1. The first-order valence-electron chi connectivity index (χ1n) is 7.67. The number of alkyl halides is 1. The molecule has 2 aromatic rings. The van der Waals surface area contributed by atoms with Gasteiger partial charge >= 0.3 is 0 Å². The summed E-state index contributed by atoms with van der Waals surface area (Å²) in [6.07, 6.45) is -0.597. The van der Waals surface area contributed by atoms with Crippen molar-refractivity contribution in [3.63, 3.8) is 0 Å². The molecule has 1 aromatic heterocycles. The van der Waals surface area contributed by atoms with Crippen LogP contribution in [0, 0.1) is 6.92 Å². The summed E-state index contributed by atoms with van der Waals surface area (Å²) in [7, 11) is -3.87. The van der Waals surface area contributed by atoms with Crippen molar-refractivity contribution in [3.05, 3.63) is 35.5 Å². The lowest BCUT2D eigenvalue weighted by atomic mass is 10.2. The molecule has 4 rings (SSSR count). The van der Waals surface area contributed by atoms with E-state index in [0.717, 1.165) is 9.87 Å². The molecule has 128 valence electrons. The zero-order valence-corrected chi connectivity index (χ0v) is 13.8. The van der Waals surface area contributed by atoms with E-state index >= 15 is 0 Å². The van der Waals surface area contributed by atoms with E-state index in [1.54, 1.807) is 19.1 Å². The minimum absolute atomic E-state index is 0.00884. The highest BCUT2D eigenvalue weighted by atomic mass is 32.2. The number of aromatic nitrogens is 2. The number of ether oxygens (including phenoxy) is 1. The average Bonchev–Trinajstić information content (AvgIpc) is 3.25. The highest BCUT2D eigenvalue weighted by Crippen LogP contribution is 2.38. The van der Waals surface area contributed by atoms with Crippen LogP contribution in [-0.4, -0.2) is 42.2 Å². The number of rotatable bonds is 3. The molecular formula is C15H16FN3O4S. The van der Waals surface area contributed by atoms with Crippen LogP contribution < -0.4 is 4.74 Å². The largest absolute Gasteiger partial charge is 0.493 e. The third-order valence-electron chi connectivity index (χ3n) is 4.30. The predicted octanol–water partition coefficient (Wildman–Crippen LogP) is 1.79. The van der Waals surface area contributed by atoms with Crippen molar-refractivity contribution < 1.29 is 22.1 Å². The summed E-state index contributed by atoms with van der Waals surface area (Å²) in [5.74, 6) is 1.21. The molecule has 24 heavy (non-hydrogen) atoms. The van der Waals surface area contributed by atoms with Crippen molar-refractivity contribution in [3.8, 4) is 5.75 Å². The van der Waals surface area contributed by atoms with Crippen LogP contribution in [0.4, 0.5) is 4.39 Å². The number of nitrogens with zero attached hydrogens (tertiary/aromatic N) is 3. The first-order chi connectivity index (χ1) is 11.4. The fourth-order valence-electron chi connectivity index (χ4n) is 3.15. The minimum Gasteiger partial charge on any atom is -0.493 e. The lowest BCUT2D eigenvalue weighted by Gasteiger charge is -2.21. The third kappa shape index (κ3) is 2.48. The number of aryl methyl sites for hydroxylation is 1. The molecule has 0 unspecified atom stereocenters. The lowest BCUT2D eigenvalue weighted by Crippen LogP contribution is -2.31. The molecule has 0 radical (unpaired) electrons. The maximum Gasteiger partial charge on any atom is 0.245 e. The van der Waals surface area contributed by atoms with Gasteiger partial charge in [-0.2, -0.15) is 9.29 Å². The van der Waals surface area contributed by atoms with Crippen molar-refractivity contribution in [2.45, 2.75) is 36.9 Å². The molecule has 9 heteroatoms. The van der Waals surface area contributed by atoms with Gasteiger partial charge in [0, 0.05) is 19.4 Å². The van der Waals surface area contributed by atoms with Gasteiger partial charge in [0.2, 0.25) is 15.9 Å². The summed E-state index contributed by atoms with van der Waals surface area (Å²) >= 11 is 0. The Kier molecular flexibility index (Phi) is 3.57. The molecule has 0 N–H and O–H groups in total. The maximum absolute atomic E-state index is 14.0. The van der Waals surface area contributed by atoms with E-state index in [4.69, 9.17) is 9.26 Å². The van der Waals surface area contributed by atoms with Gasteiger partial charge in [-0.15, -0.1) is 0 Å². The van der Waals surface area contributed by atoms with Gasteiger partial charge in [-0.1, -0.05) is 5.16 Å². The second kappa shape index (κ2) is 5.52. The van der Waals surface area contributed by atoms with E-state index < -0.39 is 22.2 Å². The molecule has 1 fully saturated rings. The van der Waals surface area contributed by atoms with E-state index in [1.165, 1.54) is 6.07 Å². The summed E-state index contributed by atoms with van der Waals surface area (Å²) in [5.41, 5.74) is 0.845. The van der Waals surface area contributed by atoms with Crippen LogP contribution in [-0.2, 0) is 16.4 Å². The summed E-state index contributed by atoms with van der Waals surface area (Å²) in [4.78, 5) is 4.20. The summed E-state index contributed by atoms with van der Waals surface area (Å²) in [6, 6.07) is 3.95. The number of fused-ring (bicyclic) bond motifs is 1. The summed E-state index contributed by atoms with van der Waals surface area (Å²) in [5, 5.41) is 3.68. The minimum atomic E-state index is -3.87. The molecular weight excluding hydrogens is 337 g/mol. The smallest absolute Gasteiger partial charge is 0.245 e. The molecule has 0 amide bonds. The molecule has 2 aliphatic heterocycles. The van der Waals surface area contributed by atoms with Gasteiger partial charge in [0.05, 0.1) is 11.5 Å². The molecule has 1 saturated heterocycles. The van der Waals surface area contributed by atoms with Gasteiger partial charge in [-0.25, -0.2) is 12.8 Å². The zero-order chi connectivity index (χ0) is 16.9. The molecule has 2 aliphatic rings. The highest BCUT2D eigenvalue weighted by molar-refractivity contribution is 7.89. The molecule has 7 nitrogen and oxygen atoms in total. The number of benzene rings is 1. The Balaban J connectivity index is 1.72. The second-order valence-electron chi connectivity index (χ2n) is 5.97. The Morgan fingerprint density at radius 1 is 1.38 bits per heavy atom. The Morgan fingerprint density at radius 3 is 2.96 bits per heavy atom. The Hall–Kier alpha value is -2.00. The maximum atomic E-state index is 14.0. The molecule has 0 saturated carbocycles. The van der Waals surface area contributed by atoms with Crippen LogP contribution in [0.2, 0.25) is 0 Å². The van der Waals surface area contributed by atoms with Crippen LogP contribution in [0.15, 0.2) is 27.6 Å². The van der Waals surface area contributed by atoms with Gasteiger partial charge in [-0.3, -0.25) is 0 Å². The molecule has 0 aliphatic carbocycles. The van der Waals surface area contributed by atoms with Crippen LogP contribution in [0.1, 0.15) is 29.7 Å². The van der Waals surface area contributed by atoms with Crippen LogP contribution in [0.25, 0.3) is 0 Å². The Bertz CT molecular complexity index is 883. The predicted molar refractivity (Wildman–Crippen MR) is 80.8 cm³/mol. The lowest BCUT2D eigenvalue weighted by molar-refractivity contribution is 0.289. The Labute approximate surface area is 138 Å². The summed E-state index contributed by atoms with van der Waals surface area (Å²) < 4.78 is 51.6. The molecule has 0 spiro atoms. The molecule has 3 heterocycles. The molecule has 2 atom stereocenters. The number of halogens is 1. The van der Waals surface area contributed by atoms with Crippen molar-refractivity contribution in [1.82, 2.24) is 14.4 Å². The second-order valence-corrected chi connectivity index (χ2v) is 7.86. The number of hydrogen-bond acceptors (Lipinski definition) is 6. The van der Waals surface area contributed by atoms with Crippen molar-refractivity contribution in [1.29, 1.82) is 0 Å². The first kappa shape index (κ1) is 15.5. The average molecular weight is 353 g/mol. The number of sulfonamides is 1. The van der Waals surface area contributed by atoms with Gasteiger partial charge in [0.15, 0.2) is 5.82 Å². The van der Waals surface area contributed by atoms with E-state index in [9.17, 15) is 12.8 Å². The SMILES string of the molecule is Cc1noc([C@@H]2C[C@H](F)CN2S(=O)(=O)c2ccc3c(c2)CCO3)n1. The first-order valence-corrected chi connectivity index (χ1v) is 9.11. The van der Waals surface area contributed by atoms with Crippen LogP contribution in [0.3, 0.4) is 0 Å². The van der Waals surface area contributed by atoms with Gasteiger partial charge in [0.1, 0.15) is 18.0 Å². The number of hydrogen-bond donors (Lipinski definition) is 0. The van der Waals surface area contributed by atoms with E-state index in [1.807, 2.05) is 0 Å². The fraction of sp³-hybridized carbons (Fsp3) is 0.467. The molecule has 1 aromatic carbocycles. The van der Waals surface area contributed by atoms with E-state index in [-0.39, 0.29) is 23.8 Å². The van der Waals surface area contributed by atoms with Gasteiger partial charge < -0.3 is 9.26 Å². The van der Waals surface area contributed by atoms with Crippen molar-refractivity contribution in [2.24, 2.45) is 0 Å². The molecule has 0 bridgehead atoms. The fourth-order valence-corrected chi connectivity index (χ4v) is 4.82. The highest BCUT2D eigenvalue weighted by Gasteiger charge is 2.44. The van der Waals surface area contributed by atoms with Gasteiger partial charge in [-0.05, 0) is 30.7 Å². The monoisotopic (exact) mass is 353 g/mol. The van der Waals surface area contributed by atoms with Crippen molar-refractivity contribution >= 4 is 10.0 Å². The van der Waals surface area contributed by atoms with Crippen LogP contribution in [0.5, 0.6) is 5.75 Å². The van der Waals surface area contributed by atoms with E-state index in [2.05, 4.69) is 10.1 Å². The zero-order valence-electron chi connectivity index (χ0n) is 13.0. The van der Waals surface area contributed by atoms with E-state index in [0.29, 0.717) is 24.6 Å². The van der Waals surface area contributed by atoms with Crippen molar-refractivity contribution in [2.75, 3.05) is 13.2 Å². The topological polar surface area (TPSA) is 85.5 Å².